The summed E-state index contributed by atoms with van der Waals surface area (Å²) >= 11 is 0. The van der Waals surface area contributed by atoms with E-state index in [-0.39, 0.29) is 5.91 Å². The summed E-state index contributed by atoms with van der Waals surface area (Å²) in [6.07, 6.45) is 5.31. The summed E-state index contributed by atoms with van der Waals surface area (Å²) in [6, 6.07) is 13.4. The van der Waals surface area contributed by atoms with Crippen molar-refractivity contribution in [1.29, 1.82) is 0 Å². The van der Waals surface area contributed by atoms with Gasteiger partial charge in [0.25, 0.3) is 5.91 Å². The average molecular weight is 296 g/mol. The molecular weight excluding hydrogens is 276 g/mol. The normalized spacial score (nSPS) is 14.2. The predicted molar refractivity (Wildman–Crippen MR) is 84.7 cm³/mol. The van der Waals surface area contributed by atoms with E-state index in [2.05, 4.69) is 10.3 Å². The number of rotatable bonds is 6. The highest BCUT2D eigenvalue weighted by Gasteiger charge is 2.18. The molecule has 0 atom stereocenters. The smallest absolute Gasteiger partial charge is 0.252 e. The molecule has 3 rings (SSSR count). The number of ether oxygens (including phenoxy) is 1. The fourth-order valence-electron chi connectivity index (χ4n) is 2.37. The maximum Gasteiger partial charge on any atom is 0.252 e. The maximum atomic E-state index is 12.0. The number of pyridine rings is 1. The molecule has 2 aromatic rings. The van der Waals surface area contributed by atoms with E-state index in [1.165, 1.54) is 19.3 Å². The predicted octanol–water partition coefficient (Wildman–Crippen LogP) is 3.19. The summed E-state index contributed by atoms with van der Waals surface area (Å²) in [7, 11) is 0. The van der Waals surface area contributed by atoms with E-state index in [1.54, 1.807) is 18.3 Å². The minimum absolute atomic E-state index is 0.0611. The summed E-state index contributed by atoms with van der Waals surface area (Å²) < 4.78 is 5.61. The van der Waals surface area contributed by atoms with Gasteiger partial charge in [-0.25, -0.2) is 4.98 Å². The number of aromatic nitrogens is 1. The summed E-state index contributed by atoms with van der Waals surface area (Å²) in [4.78, 5) is 16.2. The van der Waals surface area contributed by atoms with E-state index >= 15 is 0 Å². The van der Waals surface area contributed by atoms with Crippen molar-refractivity contribution in [3.63, 3.8) is 0 Å². The van der Waals surface area contributed by atoms with Gasteiger partial charge in [-0.3, -0.25) is 4.79 Å². The lowest BCUT2D eigenvalue weighted by atomic mass is 9.85. The molecule has 4 heteroatoms. The Morgan fingerprint density at radius 1 is 1.18 bits per heavy atom. The van der Waals surface area contributed by atoms with Gasteiger partial charge in [0.05, 0.1) is 5.56 Å². The van der Waals surface area contributed by atoms with Crippen LogP contribution in [0.5, 0.6) is 5.88 Å². The lowest BCUT2D eigenvalue weighted by Crippen LogP contribution is -2.32. The van der Waals surface area contributed by atoms with Crippen molar-refractivity contribution >= 4 is 5.91 Å². The fraction of sp³-hybridized carbons (Fsp3) is 0.333. The molecule has 1 aromatic carbocycles. The van der Waals surface area contributed by atoms with Crippen molar-refractivity contribution in [2.45, 2.75) is 25.9 Å². The Kier molecular flexibility index (Phi) is 4.68. The van der Waals surface area contributed by atoms with Gasteiger partial charge in [-0.15, -0.1) is 0 Å². The molecule has 114 valence electrons. The first-order chi connectivity index (χ1) is 10.8. The molecule has 1 aliphatic rings. The van der Waals surface area contributed by atoms with E-state index < -0.39 is 0 Å². The molecule has 0 radical (unpaired) electrons. The van der Waals surface area contributed by atoms with Gasteiger partial charge in [0, 0.05) is 18.8 Å². The second-order valence-corrected chi connectivity index (χ2v) is 5.67. The highest BCUT2D eigenvalue weighted by atomic mass is 16.5. The lowest BCUT2D eigenvalue weighted by Gasteiger charge is -2.25. The van der Waals surface area contributed by atoms with Crippen LogP contribution in [0.15, 0.2) is 48.7 Å². The molecule has 0 aliphatic heterocycles. The third-order valence-electron chi connectivity index (χ3n) is 4.00. The van der Waals surface area contributed by atoms with E-state index in [0.29, 0.717) is 24.0 Å². The number of nitrogens with one attached hydrogen (secondary N) is 1. The van der Waals surface area contributed by atoms with Gasteiger partial charge in [-0.05, 0) is 30.4 Å². The zero-order valence-electron chi connectivity index (χ0n) is 12.5. The molecule has 1 fully saturated rings. The number of hydrogen-bond acceptors (Lipinski definition) is 3. The number of benzene rings is 1. The SMILES string of the molecule is O=C(NCC1CCC1)c1ccc(OCc2ccccc2)nc1. The van der Waals surface area contributed by atoms with Gasteiger partial charge < -0.3 is 10.1 Å². The van der Waals surface area contributed by atoms with Crippen molar-refractivity contribution in [1.82, 2.24) is 10.3 Å². The second-order valence-electron chi connectivity index (χ2n) is 5.67. The van der Waals surface area contributed by atoms with Crippen LogP contribution in [0.25, 0.3) is 0 Å². The number of carbonyl (C=O) groups is 1. The van der Waals surface area contributed by atoms with Crippen LogP contribution in [0.2, 0.25) is 0 Å². The largest absolute Gasteiger partial charge is 0.473 e. The molecule has 1 aromatic heterocycles. The molecule has 1 N–H and O–H groups in total. The summed E-state index contributed by atoms with van der Waals surface area (Å²) in [5, 5.41) is 2.96. The van der Waals surface area contributed by atoms with Gasteiger partial charge in [-0.2, -0.15) is 0 Å². The lowest BCUT2D eigenvalue weighted by molar-refractivity contribution is 0.0938. The molecule has 1 aliphatic carbocycles. The van der Waals surface area contributed by atoms with Crippen LogP contribution in [-0.2, 0) is 6.61 Å². The van der Waals surface area contributed by atoms with Gasteiger partial charge in [-0.1, -0.05) is 36.8 Å². The molecule has 0 unspecified atom stereocenters. The molecule has 1 amide bonds. The number of carbonyl (C=O) groups excluding carboxylic acids is 1. The summed E-state index contributed by atoms with van der Waals surface area (Å²) in [5.41, 5.74) is 1.66. The van der Waals surface area contributed by atoms with Gasteiger partial charge in [0.15, 0.2) is 0 Å². The third kappa shape index (κ3) is 3.85. The second kappa shape index (κ2) is 7.07. The van der Waals surface area contributed by atoms with E-state index in [1.807, 2.05) is 30.3 Å². The Morgan fingerprint density at radius 2 is 2.00 bits per heavy atom. The highest BCUT2D eigenvalue weighted by molar-refractivity contribution is 5.93. The van der Waals surface area contributed by atoms with Crippen molar-refractivity contribution in [3.8, 4) is 5.88 Å². The topological polar surface area (TPSA) is 51.2 Å². The average Bonchev–Trinajstić information content (AvgIpc) is 2.53. The molecule has 1 saturated carbocycles. The Morgan fingerprint density at radius 3 is 2.64 bits per heavy atom. The molecule has 1 heterocycles. The fourth-order valence-corrected chi connectivity index (χ4v) is 2.37. The van der Waals surface area contributed by atoms with Crippen LogP contribution in [0, 0.1) is 5.92 Å². The monoisotopic (exact) mass is 296 g/mol. The Bertz CT molecular complexity index is 607. The van der Waals surface area contributed by atoms with E-state index in [9.17, 15) is 4.79 Å². The first kappa shape index (κ1) is 14.6. The van der Waals surface area contributed by atoms with Crippen LogP contribution in [-0.4, -0.2) is 17.4 Å². The molecule has 0 saturated heterocycles. The molecule has 4 nitrogen and oxygen atoms in total. The first-order valence-corrected chi connectivity index (χ1v) is 7.72. The van der Waals surface area contributed by atoms with E-state index in [0.717, 1.165) is 12.1 Å². The zero-order chi connectivity index (χ0) is 15.2. The molecular formula is C18H20N2O2. The van der Waals surface area contributed by atoms with Crippen molar-refractivity contribution in [3.05, 3.63) is 59.8 Å². The summed E-state index contributed by atoms with van der Waals surface area (Å²) in [5.74, 6) is 1.12. The minimum Gasteiger partial charge on any atom is -0.473 e. The Labute approximate surface area is 130 Å². The number of hydrogen-bond donors (Lipinski definition) is 1. The molecule has 0 bridgehead atoms. The molecule has 22 heavy (non-hydrogen) atoms. The van der Waals surface area contributed by atoms with Gasteiger partial charge in [0.2, 0.25) is 5.88 Å². The number of amides is 1. The van der Waals surface area contributed by atoms with Crippen molar-refractivity contribution in [2.24, 2.45) is 5.92 Å². The Balaban J connectivity index is 1.49. The van der Waals surface area contributed by atoms with Crippen LogP contribution in [0.3, 0.4) is 0 Å². The van der Waals surface area contributed by atoms with Gasteiger partial charge >= 0.3 is 0 Å². The summed E-state index contributed by atoms with van der Waals surface area (Å²) in [6.45, 7) is 1.24. The van der Waals surface area contributed by atoms with Crippen LogP contribution in [0.1, 0.15) is 35.2 Å². The van der Waals surface area contributed by atoms with Crippen LogP contribution >= 0.6 is 0 Å². The standard InChI is InChI=1S/C18H20N2O2/c21-18(20-11-14-7-4-8-14)16-9-10-17(19-12-16)22-13-15-5-2-1-3-6-15/h1-3,5-6,9-10,12,14H,4,7-8,11,13H2,(H,20,21). The third-order valence-corrected chi connectivity index (χ3v) is 4.00. The van der Waals surface area contributed by atoms with Crippen LogP contribution < -0.4 is 10.1 Å². The Hall–Kier alpha value is -2.36. The van der Waals surface area contributed by atoms with Crippen molar-refractivity contribution in [2.75, 3.05) is 6.54 Å². The maximum absolute atomic E-state index is 12.0. The minimum atomic E-state index is -0.0611. The molecule has 0 spiro atoms. The van der Waals surface area contributed by atoms with Gasteiger partial charge in [0.1, 0.15) is 6.61 Å². The number of nitrogens with zero attached hydrogens (tertiary/aromatic N) is 1. The highest BCUT2D eigenvalue weighted by Crippen LogP contribution is 2.25. The van der Waals surface area contributed by atoms with E-state index in [4.69, 9.17) is 4.74 Å². The van der Waals surface area contributed by atoms with Crippen LogP contribution in [0.4, 0.5) is 0 Å². The first-order valence-electron chi connectivity index (χ1n) is 7.72. The van der Waals surface area contributed by atoms with Crippen molar-refractivity contribution < 1.29 is 9.53 Å². The zero-order valence-corrected chi connectivity index (χ0v) is 12.5. The quantitative estimate of drug-likeness (QED) is 0.890.